The third-order valence-corrected chi connectivity index (χ3v) is 7.03. The Balaban J connectivity index is 1.51. The first-order valence-electron chi connectivity index (χ1n) is 12.5. The number of likely N-dealkylation sites (N-methyl/N-ethyl adjacent to an activating group) is 1. The first-order valence-corrected chi connectivity index (χ1v) is 13.4. The molecule has 1 saturated heterocycles. The number of amides is 4. The molecule has 0 aliphatic carbocycles. The minimum atomic E-state index is -0.677. The lowest BCUT2D eigenvalue weighted by molar-refractivity contribution is -0.140. The predicted octanol–water partition coefficient (Wildman–Crippen LogP) is 5.20. The summed E-state index contributed by atoms with van der Waals surface area (Å²) in [4.78, 5) is 54.6. The van der Waals surface area contributed by atoms with Gasteiger partial charge in [-0.15, -0.1) is 11.3 Å². The molecule has 1 atom stereocenters. The van der Waals surface area contributed by atoms with Crippen molar-refractivity contribution in [2.45, 2.75) is 45.4 Å². The number of carbonyl (C=O) groups is 4. The zero-order chi connectivity index (χ0) is 28.3. The zero-order valence-electron chi connectivity index (χ0n) is 22.6. The highest BCUT2D eigenvalue weighted by Gasteiger charge is 2.39. The molecule has 2 N–H and O–H groups in total. The second-order valence-corrected chi connectivity index (χ2v) is 11.5. The van der Waals surface area contributed by atoms with Crippen molar-refractivity contribution in [3.8, 4) is 10.4 Å². The van der Waals surface area contributed by atoms with Gasteiger partial charge in [-0.1, -0.05) is 24.3 Å². The number of anilines is 2. The van der Waals surface area contributed by atoms with Gasteiger partial charge in [-0.25, -0.2) is 4.79 Å². The van der Waals surface area contributed by atoms with E-state index in [1.807, 2.05) is 23.6 Å². The molecular formula is C29H32N4O5S. The van der Waals surface area contributed by atoms with Gasteiger partial charge in [0.25, 0.3) is 5.91 Å². The zero-order valence-corrected chi connectivity index (χ0v) is 23.4. The minimum absolute atomic E-state index is 0.150. The number of thiophene rings is 1. The molecule has 1 aliphatic rings. The van der Waals surface area contributed by atoms with Crippen molar-refractivity contribution < 1.29 is 23.9 Å². The van der Waals surface area contributed by atoms with E-state index in [9.17, 15) is 19.2 Å². The number of hydrogen-bond acceptors (Lipinski definition) is 7. The van der Waals surface area contributed by atoms with Gasteiger partial charge in [0.2, 0.25) is 11.8 Å². The molecule has 3 aromatic rings. The topological polar surface area (TPSA) is 108 Å². The Kier molecular flexibility index (Phi) is 8.17. The summed E-state index contributed by atoms with van der Waals surface area (Å²) in [6, 6.07) is 15.6. The normalized spacial score (nSPS) is 15.5. The van der Waals surface area contributed by atoms with Crippen molar-refractivity contribution in [3.05, 3.63) is 71.1 Å². The van der Waals surface area contributed by atoms with Crippen molar-refractivity contribution in [2.24, 2.45) is 0 Å². The molecule has 2 heterocycles. The van der Waals surface area contributed by atoms with Gasteiger partial charge in [-0.2, -0.15) is 0 Å². The van der Waals surface area contributed by atoms with E-state index >= 15 is 0 Å². The number of hydrogen-bond donors (Lipinski definition) is 2. The van der Waals surface area contributed by atoms with E-state index in [0.717, 1.165) is 16.0 Å². The highest BCUT2D eigenvalue weighted by atomic mass is 32.1. The molecule has 4 amide bonds. The third-order valence-electron chi connectivity index (χ3n) is 6.11. The van der Waals surface area contributed by atoms with E-state index in [1.165, 1.54) is 4.90 Å². The number of rotatable bonds is 7. The van der Waals surface area contributed by atoms with E-state index in [4.69, 9.17) is 4.74 Å². The van der Waals surface area contributed by atoms with Crippen molar-refractivity contribution in [1.29, 1.82) is 0 Å². The van der Waals surface area contributed by atoms with Crippen LogP contribution in [0.4, 0.5) is 16.2 Å². The van der Waals surface area contributed by atoms with Crippen LogP contribution in [0, 0.1) is 0 Å². The average Bonchev–Trinajstić information content (AvgIpc) is 3.49. The van der Waals surface area contributed by atoms with E-state index < -0.39 is 17.7 Å². The van der Waals surface area contributed by atoms with Crippen molar-refractivity contribution >= 4 is 46.5 Å². The predicted molar refractivity (Wildman–Crippen MR) is 152 cm³/mol. The van der Waals surface area contributed by atoms with Crippen LogP contribution in [0.2, 0.25) is 0 Å². The highest BCUT2D eigenvalue weighted by Crippen LogP contribution is 2.32. The summed E-state index contributed by atoms with van der Waals surface area (Å²) >= 11 is 1.56. The number of likely N-dealkylation sites (tertiary alicyclic amines) is 1. The number of carbonyl (C=O) groups excluding carboxylic acids is 4. The standard InChI is InChI=1S/C29H32N4O5S/c1-29(2,3)38-28(37)31-21-13-12-20(24-7-6-14-39-24)15-22(21)30-26(35)19-10-8-18(9-11-19)17-33-25(34)16-23(27(33)36)32(4)5/h6-15,23H,16-17H2,1-5H3,(H,30,35)(H,31,37)/t23-/m0/s1. The SMILES string of the molecule is CN(C)[C@H]1CC(=O)N(Cc2ccc(C(=O)Nc3cc(-c4cccs4)ccc3NC(=O)OC(C)(C)C)cc2)C1=O. The lowest BCUT2D eigenvalue weighted by Gasteiger charge is -2.21. The van der Waals surface area contributed by atoms with Crippen LogP contribution in [0.3, 0.4) is 0 Å². The third kappa shape index (κ3) is 6.90. The fraction of sp³-hybridized carbons (Fsp3) is 0.310. The summed E-state index contributed by atoms with van der Waals surface area (Å²) in [6.45, 7) is 5.47. The first-order chi connectivity index (χ1) is 18.4. The Morgan fingerprint density at radius 3 is 2.33 bits per heavy atom. The van der Waals surface area contributed by atoms with Crippen LogP contribution >= 0.6 is 11.3 Å². The second kappa shape index (κ2) is 11.4. The van der Waals surface area contributed by atoms with Crippen LogP contribution in [-0.2, 0) is 20.9 Å². The number of benzene rings is 2. The smallest absolute Gasteiger partial charge is 0.412 e. The monoisotopic (exact) mass is 548 g/mol. The molecule has 0 spiro atoms. The van der Waals surface area contributed by atoms with Gasteiger partial charge in [-0.3, -0.25) is 29.5 Å². The molecule has 0 unspecified atom stereocenters. The molecule has 204 valence electrons. The van der Waals surface area contributed by atoms with Gasteiger partial charge in [0.15, 0.2) is 0 Å². The molecule has 9 nitrogen and oxygen atoms in total. The fourth-order valence-electron chi connectivity index (χ4n) is 4.14. The van der Waals surface area contributed by atoms with Crippen LogP contribution in [0.5, 0.6) is 0 Å². The number of imide groups is 1. The Hall–Kier alpha value is -4.02. The molecule has 0 bridgehead atoms. The summed E-state index contributed by atoms with van der Waals surface area (Å²) in [6.07, 6.45) is -0.468. The summed E-state index contributed by atoms with van der Waals surface area (Å²) in [5, 5.41) is 7.58. The van der Waals surface area contributed by atoms with Gasteiger partial charge in [0, 0.05) is 10.4 Å². The molecule has 2 aromatic carbocycles. The quantitative estimate of drug-likeness (QED) is 0.393. The lowest BCUT2D eigenvalue weighted by Crippen LogP contribution is -2.37. The second-order valence-electron chi connectivity index (χ2n) is 10.5. The van der Waals surface area contributed by atoms with Crippen molar-refractivity contribution in [3.63, 3.8) is 0 Å². The fourth-order valence-corrected chi connectivity index (χ4v) is 4.86. The van der Waals surface area contributed by atoms with Gasteiger partial charge in [-0.05, 0) is 81.7 Å². The van der Waals surface area contributed by atoms with Gasteiger partial charge >= 0.3 is 6.09 Å². The molecule has 1 fully saturated rings. The van der Waals surface area contributed by atoms with E-state index in [1.54, 1.807) is 87.5 Å². The summed E-state index contributed by atoms with van der Waals surface area (Å²) in [5.74, 6) is -0.809. The average molecular weight is 549 g/mol. The molecule has 1 aliphatic heterocycles. The molecule has 10 heteroatoms. The summed E-state index contributed by atoms with van der Waals surface area (Å²) in [5.41, 5.74) is 2.15. The Labute approximate surface area is 231 Å². The maximum absolute atomic E-state index is 13.2. The largest absolute Gasteiger partial charge is 0.444 e. The van der Waals surface area contributed by atoms with Crippen LogP contribution in [-0.4, -0.2) is 59.4 Å². The molecule has 0 radical (unpaired) electrons. The Morgan fingerprint density at radius 2 is 1.74 bits per heavy atom. The lowest BCUT2D eigenvalue weighted by atomic mass is 10.1. The van der Waals surface area contributed by atoms with Gasteiger partial charge in [0.05, 0.1) is 30.4 Å². The first kappa shape index (κ1) is 28.0. The minimum Gasteiger partial charge on any atom is -0.444 e. The Bertz CT molecular complexity index is 1380. The van der Waals surface area contributed by atoms with E-state index in [-0.39, 0.29) is 30.7 Å². The summed E-state index contributed by atoms with van der Waals surface area (Å²) < 4.78 is 5.38. The van der Waals surface area contributed by atoms with Crippen molar-refractivity contribution in [2.75, 3.05) is 24.7 Å². The molecule has 0 saturated carbocycles. The molecule has 39 heavy (non-hydrogen) atoms. The van der Waals surface area contributed by atoms with Crippen LogP contribution < -0.4 is 10.6 Å². The van der Waals surface area contributed by atoms with Gasteiger partial charge in [0.1, 0.15) is 5.60 Å². The number of nitrogens with zero attached hydrogens (tertiary/aromatic N) is 2. The molecule has 4 rings (SSSR count). The van der Waals surface area contributed by atoms with E-state index in [2.05, 4.69) is 10.6 Å². The molecule has 1 aromatic heterocycles. The van der Waals surface area contributed by atoms with Crippen molar-refractivity contribution in [1.82, 2.24) is 9.80 Å². The number of nitrogens with one attached hydrogen (secondary N) is 2. The van der Waals surface area contributed by atoms with Crippen LogP contribution in [0.15, 0.2) is 60.0 Å². The number of ether oxygens (including phenoxy) is 1. The van der Waals surface area contributed by atoms with Gasteiger partial charge < -0.3 is 10.1 Å². The van der Waals surface area contributed by atoms with Crippen LogP contribution in [0.1, 0.15) is 43.1 Å². The maximum Gasteiger partial charge on any atom is 0.412 e. The van der Waals surface area contributed by atoms with E-state index in [0.29, 0.717) is 16.9 Å². The van der Waals surface area contributed by atoms with Crippen LogP contribution in [0.25, 0.3) is 10.4 Å². The molecular weight excluding hydrogens is 516 g/mol. The summed E-state index contributed by atoms with van der Waals surface area (Å²) in [7, 11) is 3.55. The Morgan fingerprint density at radius 1 is 1.03 bits per heavy atom. The highest BCUT2D eigenvalue weighted by molar-refractivity contribution is 7.13. The maximum atomic E-state index is 13.2.